The second-order valence-corrected chi connectivity index (χ2v) is 9.94. The summed E-state index contributed by atoms with van der Waals surface area (Å²) in [6.07, 6.45) is 0. The minimum Gasteiger partial charge on any atom is -0.502 e. The second kappa shape index (κ2) is 10.0. The molecule has 5 rings (SSSR count). The summed E-state index contributed by atoms with van der Waals surface area (Å²) >= 11 is 6.32. The number of para-hydroxylation sites is 2. The average molecular weight is 560 g/mol. The minimum atomic E-state index is -1.18. The zero-order chi connectivity index (χ0) is 28.9. The summed E-state index contributed by atoms with van der Waals surface area (Å²) in [4.78, 5) is 39.4. The second-order valence-electron chi connectivity index (χ2n) is 9.50. The van der Waals surface area contributed by atoms with Crippen LogP contribution in [-0.2, 0) is 14.1 Å². The van der Waals surface area contributed by atoms with Gasteiger partial charge in [-0.15, -0.1) is 0 Å². The molecule has 0 unspecified atom stereocenters. The fraction of sp³-hybridized carbons (Fsp3) is 0.172. The van der Waals surface area contributed by atoms with Crippen molar-refractivity contribution in [2.45, 2.75) is 19.8 Å². The van der Waals surface area contributed by atoms with Crippen molar-refractivity contribution in [1.29, 1.82) is 0 Å². The summed E-state index contributed by atoms with van der Waals surface area (Å²) in [7, 11) is 3.43. The molecular formula is C29H26ClN5O5. The summed E-state index contributed by atoms with van der Waals surface area (Å²) in [6.45, 7) is 3.46. The van der Waals surface area contributed by atoms with Crippen LogP contribution in [0.3, 0.4) is 0 Å². The van der Waals surface area contributed by atoms with Gasteiger partial charge in [0.15, 0.2) is 5.75 Å². The molecule has 0 fully saturated rings. The number of benzene rings is 3. The third-order valence-electron chi connectivity index (χ3n) is 7.37. The highest BCUT2D eigenvalue weighted by molar-refractivity contribution is 6.31. The standard InChI is InChI=1S/C29H26ClN5O5/c1-17-24(28(37)33(31(17)3)20-11-7-5-8-12-20)26(22-15-19(30)16-23(27(22)36)35(39)40)25-18(2)32(4)34(29(25)38)21-13-9-6-10-14-21/h5-16,26,36H,1-4H3. The smallest absolute Gasteiger partial charge is 0.312 e. The van der Waals surface area contributed by atoms with Crippen LogP contribution in [0.15, 0.2) is 82.4 Å². The Hall–Kier alpha value is -4.83. The lowest BCUT2D eigenvalue weighted by molar-refractivity contribution is -0.385. The fourth-order valence-electron chi connectivity index (χ4n) is 5.26. The Morgan fingerprint density at radius 2 is 1.23 bits per heavy atom. The summed E-state index contributed by atoms with van der Waals surface area (Å²) in [6, 6.07) is 20.4. The van der Waals surface area contributed by atoms with Gasteiger partial charge in [-0.25, -0.2) is 9.36 Å². The topological polar surface area (TPSA) is 117 Å². The highest BCUT2D eigenvalue weighted by Gasteiger charge is 2.36. The summed E-state index contributed by atoms with van der Waals surface area (Å²) in [5, 5.41) is 23.0. The van der Waals surface area contributed by atoms with E-state index in [2.05, 4.69) is 0 Å². The van der Waals surface area contributed by atoms with Crippen LogP contribution in [0, 0.1) is 24.0 Å². The zero-order valence-electron chi connectivity index (χ0n) is 22.2. The highest BCUT2D eigenvalue weighted by Crippen LogP contribution is 2.43. The van der Waals surface area contributed by atoms with Crippen molar-refractivity contribution in [3.8, 4) is 17.1 Å². The molecule has 0 saturated carbocycles. The van der Waals surface area contributed by atoms with Crippen LogP contribution in [0.5, 0.6) is 5.75 Å². The Balaban J connectivity index is 1.92. The van der Waals surface area contributed by atoms with Gasteiger partial charge in [-0.1, -0.05) is 48.0 Å². The average Bonchev–Trinajstić information content (AvgIpc) is 3.29. The molecule has 10 nitrogen and oxygen atoms in total. The number of hydrogen-bond donors (Lipinski definition) is 1. The molecule has 2 heterocycles. The quantitative estimate of drug-likeness (QED) is 0.238. The van der Waals surface area contributed by atoms with Crippen molar-refractivity contribution in [3.63, 3.8) is 0 Å². The number of rotatable bonds is 6. The molecule has 0 spiro atoms. The maximum Gasteiger partial charge on any atom is 0.312 e. The molecule has 0 radical (unpaired) electrons. The van der Waals surface area contributed by atoms with E-state index in [1.54, 1.807) is 85.8 Å². The minimum absolute atomic E-state index is 0.0153. The Morgan fingerprint density at radius 3 is 1.62 bits per heavy atom. The van der Waals surface area contributed by atoms with Crippen molar-refractivity contribution < 1.29 is 10.0 Å². The third-order valence-corrected chi connectivity index (χ3v) is 7.58. The van der Waals surface area contributed by atoms with Crippen LogP contribution in [0.4, 0.5) is 5.69 Å². The Bertz CT molecular complexity index is 1780. The molecule has 0 aliphatic heterocycles. The molecular weight excluding hydrogens is 534 g/mol. The first-order valence-electron chi connectivity index (χ1n) is 12.4. The van der Waals surface area contributed by atoms with E-state index in [-0.39, 0.29) is 21.7 Å². The molecule has 1 N–H and O–H groups in total. The number of nitro benzene ring substituents is 1. The van der Waals surface area contributed by atoms with Crippen molar-refractivity contribution >= 4 is 17.3 Å². The molecule has 0 aliphatic rings. The van der Waals surface area contributed by atoms with Gasteiger partial charge in [-0.05, 0) is 44.2 Å². The first kappa shape index (κ1) is 26.8. The van der Waals surface area contributed by atoms with Gasteiger partial charge >= 0.3 is 5.69 Å². The maximum absolute atomic E-state index is 14.2. The molecule has 11 heteroatoms. The molecule has 204 valence electrons. The van der Waals surface area contributed by atoms with Gasteiger partial charge in [-0.3, -0.25) is 29.1 Å². The van der Waals surface area contributed by atoms with Crippen LogP contribution < -0.4 is 11.1 Å². The van der Waals surface area contributed by atoms with Gasteiger partial charge in [0.05, 0.1) is 33.3 Å². The number of nitro groups is 1. The number of aromatic nitrogens is 4. The highest BCUT2D eigenvalue weighted by atomic mass is 35.5. The number of hydrogen-bond acceptors (Lipinski definition) is 5. The lowest BCUT2D eigenvalue weighted by atomic mass is 9.84. The zero-order valence-corrected chi connectivity index (χ0v) is 23.0. The first-order valence-corrected chi connectivity index (χ1v) is 12.8. The third kappa shape index (κ3) is 4.13. The number of nitrogens with zero attached hydrogens (tertiary/aromatic N) is 5. The Labute approximate surface area is 233 Å². The molecule has 2 aromatic heterocycles. The Kier molecular flexibility index (Phi) is 6.72. The van der Waals surface area contributed by atoms with E-state index < -0.39 is 33.4 Å². The maximum atomic E-state index is 14.2. The van der Waals surface area contributed by atoms with E-state index in [0.717, 1.165) is 6.07 Å². The molecule has 0 aliphatic carbocycles. The summed E-state index contributed by atoms with van der Waals surface area (Å²) < 4.78 is 6.23. The van der Waals surface area contributed by atoms with Crippen molar-refractivity contribution in [2.75, 3.05) is 0 Å². The summed E-state index contributed by atoms with van der Waals surface area (Å²) in [5.41, 5.74) is 1.06. The van der Waals surface area contributed by atoms with Gasteiger partial charge in [-0.2, -0.15) is 0 Å². The van der Waals surface area contributed by atoms with E-state index in [9.17, 15) is 24.8 Å². The van der Waals surface area contributed by atoms with Gasteiger partial charge < -0.3 is 5.11 Å². The lowest BCUT2D eigenvalue weighted by Gasteiger charge is -2.18. The first-order chi connectivity index (χ1) is 19.0. The van der Waals surface area contributed by atoms with Gasteiger partial charge in [0.25, 0.3) is 11.1 Å². The van der Waals surface area contributed by atoms with Crippen molar-refractivity contribution in [1.82, 2.24) is 18.7 Å². The van der Waals surface area contributed by atoms with Crippen molar-refractivity contribution in [3.05, 3.63) is 137 Å². The van der Waals surface area contributed by atoms with Crippen LogP contribution in [0.2, 0.25) is 5.02 Å². The largest absolute Gasteiger partial charge is 0.502 e. The van der Waals surface area contributed by atoms with Gasteiger partial charge in [0, 0.05) is 42.1 Å². The molecule has 0 amide bonds. The number of aromatic hydroxyl groups is 1. The van der Waals surface area contributed by atoms with Crippen molar-refractivity contribution in [2.24, 2.45) is 14.1 Å². The van der Waals surface area contributed by atoms with Crippen LogP contribution in [0.25, 0.3) is 11.4 Å². The normalized spacial score (nSPS) is 11.3. The van der Waals surface area contributed by atoms with E-state index in [4.69, 9.17) is 11.6 Å². The van der Waals surface area contributed by atoms with Crippen LogP contribution in [-0.4, -0.2) is 28.8 Å². The fourth-order valence-corrected chi connectivity index (χ4v) is 5.48. The predicted octanol–water partition coefficient (Wildman–Crippen LogP) is 4.73. The molecule has 0 saturated heterocycles. The molecule has 40 heavy (non-hydrogen) atoms. The molecule has 5 aromatic rings. The van der Waals surface area contributed by atoms with E-state index in [0.29, 0.717) is 22.8 Å². The summed E-state index contributed by atoms with van der Waals surface area (Å²) in [5.74, 6) is -1.84. The Morgan fingerprint density at radius 1 is 0.800 bits per heavy atom. The van der Waals surface area contributed by atoms with Crippen LogP contribution >= 0.6 is 11.6 Å². The monoisotopic (exact) mass is 559 g/mol. The van der Waals surface area contributed by atoms with E-state index in [1.165, 1.54) is 15.4 Å². The van der Waals surface area contributed by atoms with Gasteiger partial charge in [0.2, 0.25) is 0 Å². The number of halogens is 1. The number of phenolic OH excluding ortho intramolecular Hbond substituents is 1. The molecule has 0 atom stereocenters. The SMILES string of the molecule is Cc1c(C(c2cc(Cl)cc([N+](=O)[O-])c2O)c2c(C)n(C)n(-c3ccccc3)c2=O)c(=O)n(-c2ccccc2)n1C. The molecule has 0 bridgehead atoms. The van der Waals surface area contributed by atoms with Gasteiger partial charge in [0.1, 0.15) is 0 Å². The number of phenols is 1. The van der Waals surface area contributed by atoms with E-state index in [1.807, 2.05) is 12.1 Å². The molecule has 3 aromatic carbocycles. The van der Waals surface area contributed by atoms with E-state index >= 15 is 0 Å². The van der Waals surface area contributed by atoms with Crippen LogP contribution in [0.1, 0.15) is 34.0 Å². The lowest BCUT2D eigenvalue weighted by Crippen LogP contribution is -2.26. The predicted molar refractivity (Wildman–Crippen MR) is 152 cm³/mol.